The fourth-order valence-corrected chi connectivity index (χ4v) is 3.98. The van der Waals surface area contributed by atoms with Crippen molar-refractivity contribution < 1.29 is 19.2 Å². The van der Waals surface area contributed by atoms with E-state index in [9.17, 15) is 19.2 Å². The summed E-state index contributed by atoms with van der Waals surface area (Å²) in [6.45, 7) is 0. The van der Waals surface area contributed by atoms with Crippen molar-refractivity contribution in [1.82, 2.24) is 0 Å². The molecule has 0 atom stereocenters. The van der Waals surface area contributed by atoms with E-state index in [2.05, 4.69) is 20.0 Å². The Morgan fingerprint density at radius 2 is 0.792 bits per heavy atom. The molecule has 126 valence electrons. The summed E-state index contributed by atoms with van der Waals surface area (Å²) in [5.41, 5.74) is -2.00. The van der Waals surface area contributed by atoms with E-state index in [1.54, 1.807) is 0 Å². The third kappa shape index (κ3) is 3.88. The van der Waals surface area contributed by atoms with Crippen LogP contribution in [0.25, 0.3) is 0 Å². The van der Waals surface area contributed by atoms with Gasteiger partial charge >= 0.3 is 0 Å². The highest BCUT2D eigenvalue weighted by Gasteiger charge is 2.42. The Bertz CT molecular complexity index is 552. The number of carbonyl (C=O) groups excluding carboxylic acids is 4. The first-order valence-corrected chi connectivity index (χ1v) is 7.99. The van der Waals surface area contributed by atoms with Gasteiger partial charge in [-0.1, -0.05) is 0 Å². The second kappa shape index (κ2) is 7.87. The normalized spacial score (nSPS) is 35.3. The number of isocyanates is 4. The third-order valence-electron chi connectivity index (χ3n) is 5.34. The molecule has 8 nitrogen and oxygen atoms in total. The molecule has 0 N–H and O–H groups in total. The van der Waals surface area contributed by atoms with Crippen molar-refractivity contribution in [1.29, 1.82) is 0 Å². The molecule has 0 bridgehead atoms. The fourth-order valence-electron chi connectivity index (χ4n) is 3.98. The molecule has 24 heavy (non-hydrogen) atoms. The van der Waals surface area contributed by atoms with Crippen molar-refractivity contribution >= 4 is 24.3 Å². The quantitative estimate of drug-likeness (QED) is 0.566. The molecular formula is C16H18N4O4. The van der Waals surface area contributed by atoms with E-state index in [-0.39, 0.29) is 0 Å². The molecule has 2 aliphatic rings. The molecule has 0 amide bonds. The lowest BCUT2D eigenvalue weighted by molar-refractivity contribution is 0.129. The van der Waals surface area contributed by atoms with Crippen LogP contribution in [0.3, 0.4) is 0 Å². The monoisotopic (exact) mass is 330 g/mol. The van der Waals surface area contributed by atoms with Crippen LogP contribution in [0.5, 0.6) is 0 Å². The van der Waals surface area contributed by atoms with Gasteiger partial charge in [0.2, 0.25) is 24.3 Å². The molecule has 2 saturated carbocycles. The number of nitrogens with zero attached hydrogens (tertiary/aromatic N) is 4. The lowest BCUT2D eigenvalue weighted by Crippen LogP contribution is -2.37. The van der Waals surface area contributed by atoms with Crippen LogP contribution in [0.1, 0.15) is 51.4 Å². The van der Waals surface area contributed by atoms with E-state index in [0.29, 0.717) is 37.5 Å². The van der Waals surface area contributed by atoms with E-state index in [1.807, 2.05) is 0 Å². The molecule has 0 saturated heterocycles. The highest BCUT2D eigenvalue weighted by atomic mass is 16.1. The Kier molecular flexibility index (Phi) is 5.86. The van der Waals surface area contributed by atoms with E-state index in [1.165, 1.54) is 24.3 Å². The van der Waals surface area contributed by atoms with Gasteiger partial charge in [0, 0.05) is 0 Å². The Morgan fingerprint density at radius 3 is 1.00 bits per heavy atom. The zero-order chi connectivity index (χ0) is 17.5. The summed E-state index contributed by atoms with van der Waals surface area (Å²) in [6, 6.07) is 0. The van der Waals surface area contributed by atoms with Crippen LogP contribution in [0.4, 0.5) is 0 Å². The molecule has 0 aromatic rings. The van der Waals surface area contributed by atoms with Crippen LogP contribution < -0.4 is 0 Å². The SMILES string of the molecule is O=C=NC1(N=C=O)CCC(C2CCC(N=C=O)(N=C=O)CC2)CC1. The average Bonchev–Trinajstić information content (AvgIpc) is 2.58. The van der Waals surface area contributed by atoms with Gasteiger partial charge in [-0.05, 0) is 63.2 Å². The summed E-state index contributed by atoms with van der Waals surface area (Å²) in [4.78, 5) is 57.1. The minimum absolute atomic E-state index is 0.417. The van der Waals surface area contributed by atoms with Gasteiger partial charge in [-0.15, -0.1) is 0 Å². The molecule has 0 heterocycles. The maximum Gasteiger partial charge on any atom is 0.237 e. The molecule has 0 aromatic carbocycles. The molecule has 0 unspecified atom stereocenters. The number of rotatable bonds is 5. The molecule has 2 aliphatic carbocycles. The first kappa shape index (κ1) is 17.9. The predicted molar refractivity (Wildman–Crippen MR) is 81.9 cm³/mol. The Labute approximate surface area is 138 Å². The van der Waals surface area contributed by atoms with Crippen LogP contribution >= 0.6 is 0 Å². The smallest absolute Gasteiger partial charge is 0.211 e. The first-order chi connectivity index (χ1) is 11.6. The van der Waals surface area contributed by atoms with Crippen molar-refractivity contribution in [3.05, 3.63) is 0 Å². The van der Waals surface area contributed by atoms with Gasteiger partial charge in [0.05, 0.1) is 0 Å². The highest BCUT2D eigenvalue weighted by molar-refractivity contribution is 5.40. The second-order valence-electron chi connectivity index (χ2n) is 6.45. The first-order valence-electron chi connectivity index (χ1n) is 7.99. The maximum absolute atomic E-state index is 10.6. The minimum Gasteiger partial charge on any atom is -0.211 e. The topological polar surface area (TPSA) is 118 Å². The Balaban J connectivity index is 1.99. The van der Waals surface area contributed by atoms with Crippen LogP contribution in [-0.2, 0) is 19.2 Å². The van der Waals surface area contributed by atoms with Crippen molar-refractivity contribution in [3.8, 4) is 0 Å². The lowest BCUT2D eigenvalue weighted by atomic mass is 9.69. The van der Waals surface area contributed by atoms with E-state index in [0.717, 1.165) is 25.7 Å². The molecule has 2 fully saturated rings. The number of hydrogen-bond donors (Lipinski definition) is 0. The number of hydrogen-bond acceptors (Lipinski definition) is 8. The van der Waals surface area contributed by atoms with Gasteiger partial charge in [0.15, 0.2) is 11.3 Å². The summed E-state index contributed by atoms with van der Waals surface area (Å²) >= 11 is 0. The molecule has 8 heteroatoms. The van der Waals surface area contributed by atoms with Gasteiger partial charge in [0.25, 0.3) is 0 Å². The van der Waals surface area contributed by atoms with Gasteiger partial charge in [-0.25, -0.2) is 19.2 Å². The zero-order valence-electron chi connectivity index (χ0n) is 13.2. The van der Waals surface area contributed by atoms with E-state index >= 15 is 0 Å². The van der Waals surface area contributed by atoms with Crippen molar-refractivity contribution in [3.63, 3.8) is 0 Å². The van der Waals surface area contributed by atoms with Gasteiger partial charge < -0.3 is 0 Å². The van der Waals surface area contributed by atoms with Crippen molar-refractivity contribution in [2.45, 2.75) is 62.7 Å². The Morgan fingerprint density at radius 1 is 0.542 bits per heavy atom. The zero-order valence-corrected chi connectivity index (χ0v) is 13.2. The Hall–Kier alpha value is -2.48. The molecule has 0 aliphatic heterocycles. The molecule has 0 spiro atoms. The van der Waals surface area contributed by atoms with E-state index < -0.39 is 11.3 Å². The van der Waals surface area contributed by atoms with Gasteiger partial charge in [-0.3, -0.25) is 0 Å². The largest absolute Gasteiger partial charge is 0.237 e. The fraction of sp³-hybridized carbons (Fsp3) is 0.750. The van der Waals surface area contributed by atoms with Gasteiger partial charge in [0.1, 0.15) is 0 Å². The van der Waals surface area contributed by atoms with Crippen LogP contribution in [0.15, 0.2) is 20.0 Å². The molecular weight excluding hydrogens is 312 g/mol. The van der Waals surface area contributed by atoms with Crippen LogP contribution in [-0.4, -0.2) is 35.6 Å². The van der Waals surface area contributed by atoms with E-state index in [4.69, 9.17) is 0 Å². The summed E-state index contributed by atoms with van der Waals surface area (Å²) in [5.74, 6) is 0.834. The van der Waals surface area contributed by atoms with Crippen LogP contribution in [0, 0.1) is 11.8 Å². The summed E-state index contributed by atoms with van der Waals surface area (Å²) < 4.78 is 0. The highest BCUT2D eigenvalue weighted by Crippen LogP contribution is 2.45. The summed E-state index contributed by atoms with van der Waals surface area (Å²) in [5, 5.41) is 0. The summed E-state index contributed by atoms with van der Waals surface area (Å²) in [6.07, 6.45) is 11.2. The number of aliphatic imine (C=N–C) groups is 4. The average molecular weight is 330 g/mol. The second-order valence-corrected chi connectivity index (χ2v) is 6.45. The predicted octanol–water partition coefficient (Wildman–Crippen LogP) is 2.10. The maximum atomic E-state index is 10.6. The van der Waals surface area contributed by atoms with Crippen LogP contribution in [0.2, 0.25) is 0 Å². The summed E-state index contributed by atoms with van der Waals surface area (Å²) in [7, 11) is 0. The minimum atomic E-state index is -0.998. The third-order valence-corrected chi connectivity index (χ3v) is 5.34. The van der Waals surface area contributed by atoms with Gasteiger partial charge in [-0.2, -0.15) is 20.0 Å². The molecule has 2 rings (SSSR count). The molecule has 0 aromatic heterocycles. The van der Waals surface area contributed by atoms with Crippen molar-refractivity contribution in [2.75, 3.05) is 0 Å². The molecule has 0 radical (unpaired) electrons. The lowest BCUT2D eigenvalue weighted by Gasteiger charge is -2.40. The standard InChI is InChI=1S/C16H18N4O4/c21-9-17-15(18-10-22)5-1-13(2-6-15)14-3-7-16(8-4-14,19-11-23)20-12-24/h13-14H,1-8H2. The van der Waals surface area contributed by atoms with Crippen molar-refractivity contribution in [2.24, 2.45) is 31.8 Å².